The molecule has 96 valence electrons. The molecule has 0 saturated carbocycles. The number of benzene rings is 1. The van der Waals surface area contributed by atoms with Crippen molar-refractivity contribution in [3.63, 3.8) is 0 Å². The molecule has 2 rings (SSSR count). The summed E-state index contributed by atoms with van der Waals surface area (Å²) in [6.07, 6.45) is 5.25. The Kier molecular flexibility index (Phi) is 4.16. The Labute approximate surface area is 115 Å². The lowest BCUT2D eigenvalue weighted by molar-refractivity contribution is -0.135. The number of hydrogen-bond acceptors (Lipinski definition) is 4. The number of hydrogen-bond donors (Lipinski definition) is 1. The average molecular weight is 272 g/mol. The molecule has 0 spiro atoms. The Hall–Kier alpha value is -2.32. The van der Waals surface area contributed by atoms with E-state index in [2.05, 4.69) is 10.9 Å². The van der Waals surface area contributed by atoms with Gasteiger partial charge in [-0.05, 0) is 0 Å². The largest absolute Gasteiger partial charge is 0.480 e. The van der Waals surface area contributed by atoms with E-state index in [9.17, 15) is 4.79 Å². The normalized spacial score (nSPS) is 9.84. The summed E-state index contributed by atoms with van der Waals surface area (Å²) in [5, 5.41) is 11.4. The summed E-state index contributed by atoms with van der Waals surface area (Å²) < 4.78 is 0. The number of carboxylic acids is 1. The molecule has 0 fully saturated rings. The molecule has 0 radical (unpaired) electrons. The summed E-state index contributed by atoms with van der Waals surface area (Å²) in [5.74, 6) is 1.53. The van der Waals surface area contributed by atoms with Crippen molar-refractivity contribution in [2.45, 2.75) is 0 Å². The highest BCUT2D eigenvalue weighted by Crippen LogP contribution is 2.26. The highest BCUT2D eigenvalue weighted by molar-refractivity contribution is 7.14. The van der Waals surface area contributed by atoms with E-state index in [0.29, 0.717) is 5.13 Å². The second kappa shape index (κ2) is 6.03. The maximum atomic E-state index is 10.8. The van der Waals surface area contributed by atoms with Crippen LogP contribution in [0.2, 0.25) is 0 Å². The van der Waals surface area contributed by atoms with Crippen LogP contribution < -0.4 is 4.90 Å². The second-order valence-electron chi connectivity index (χ2n) is 3.84. The molecule has 1 aromatic carbocycles. The smallest absolute Gasteiger partial charge is 0.323 e. The van der Waals surface area contributed by atoms with E-state index in [1.165, 1.54) is 11.3 Å². The van der Waals surface area contributed by atoms with E-state index in [0.717, 1.165) is 11.3 Å². The molecule has 1 aromatic heterocycles. The third-order valence-corrected chi connectivity index (χ3v) is 3.34. The lowest BCUT2D eigenvalue weighted by atomic mass is 10.2. The summed E-state index contributed by atoms with van der Waals surface area (Å²) in [5.41, 5.74) is 1.83. The number of rotatable bonds is 5. The van der Waals surface area contributed by atoms with Gasteiger partial charge in [0.1, 0.15) is 6.54 Å². The van der Waals surface area contributed by atoms with Gasteiger partial charge < -0.3 is 10.0 Å². The molecule has 0 bridgehead atoms. The van der Waals surface area contributed by atoms with Crippen LogP contribution in [0.5, 0.6) is 0 Å². The third-order valence-electron chi connectivity index (χ3n) is 2.44. The van der Waals surface area contributed by atoms with Crippen molar-refractivity contribution in [3.05, 3.63) is 35.7 Å². The van der Waals surface area contributed by atoms with Crippen molar-refractivity contribution in [1.29, 1.82) is 0 Å². The van der Waals surface area contributed by atoms with Crippen LogP contribution in [0.4, 0.5) is 5.13 Å². The summed E-state index contributed by atoms with van der Waals surface area (Å²) in [7, 11) is 0. The Bertz CT molecular complexity index is 601. The van der Waals surface area contributed by atoms with Gasteiger partial charge in [-0.15, -0.1) is 17.8 Å². The number of aromatic nitrogens is 1. The Morgan fingerprint density at radius 3 is 2.79 bits per heavy atom. The first-order valence-electron chi connectivity index (χ1n) is 5.62. The predicted octanol–water partition coefficient (Wildman–Crippen LogP) is 2.33. The van der Waals surface area contributed by atoms with Crippen molar-refractivity contribution in [2.24, 2.45) is 0 Å². The van der Waals surface area contributed by atoms with Crippen LogP contribution in [-0.4, -0.2) is 29.1 Å². The van der Waals surface area contributed by atoms with Crippen LogP contribution in [0.1, 0.15) is 0 Å². The number of carboxylic acid groups (broad SMARTS) is 1. The van der Waals surface area contributed by atoms with Crippen LogP contribution >= 0.6 is 11.3 Å². The molecule has 1 heterocycles. The van der Waals surface area contributed by atoms with Crippen molar-refractivity contribution < 1.29 is 9.90 Å². The third kappa shape index (κ3) is 3.33. The number of thiazole rings is 1. The number of nitrogens with zero attached hydrogens (tertiary/aromatic N) is 2. The molecule has 1 N–H and O–H groups in total. The fourth-order valence-corrected chi connectivity index (χ4v) is 2.45. The molecule has 5 heteroatoms. The van der Waals surface area contributed by atoms with E-state index in [1.807, 2.05) is 35.7 Å². The van der Waals surface area contributed by atoms with E-state index >= 15 is 0 Å². The average Bonchev–Trinajstić information content (AvgIpc) is 2.88. The first kappa shape index (κ1) is 13.1. The maximum Gasteiger partial charge on any atom is 0.323 e. The SMILES string of the molecule is C#CCN(CC(=O)O)c1nc(-c2ccccc2)cs1. The van der Waals surface area contributed by atoms with Gasteiger partial charge in [0.2, 0.25) is 0 Å². The maximum absolute atomic E-state index is 10.8. The Morgan fingerprint density at radius 2 is 2.16 bits per heavy atom. The van der Waals surface area contributed by atoms with Gasteiger partial charge in [-0.25, -0.2) is 4.98 Å². The molecule has 0 aliphatic rings. The van der Waals surface area contributed by atoms with Crippen LogP contribution in [0.3, 0.4) is 0 Å². The minimum Gasteiger partial charge on any atom is -0.480 e. The predicted molar refractivity (Wildman–Crippen MR) is 76.2 cm³/mol. The molecule has 0 aliphatic heterocycles. The lowest BCUT2D eigenvalue weighted by Gasteiger charge is -2.15. The fourth-order valence-electron chi connectivity index (χ4n) is 1.62. The summed E-state index contributed by atoms with van der Waals surface area (Å²) >= 11 is 1.39. The topological polar surface area (TPSA) is 53.4 Å². The summed E-state index contributed by atoms with van der Waals surface area (Å²) in [6.45, 7) is 0.0833. The molecule has 2 aromatic rings. The van der Waals surface area contributed by atoms with Gasteiger partial charge in [0.25, 0.3) is 0 Å². The minimum absolute atomic E-state index is 0.147. The molecule has 0 unspecified atom stereocenters. The zero-order valence-corrected chi connectivity index (χ0v) is 10.9. The van der Waals surface area contributed by atoms with Gasteiger partial charge >= 0.3 is 5.97 Å². The zero-order valence-electron chi connectivity index (χ0n) is 10.1. The lowest BCUT2D eigenvalue weighted by Crippen LogP contribution is -2.29. The van der Waals surface area contributed by atoms with Gasteiger partial charge in [0.15, 0.2) is 5.13 Å². The zero-order chi connectivity index (χ0) is 13.7. The van der Waals surface area contributed by atoms with E-state index in [-0.39, 0.29) is 13.1 Å². The van der Waals surface area contributed by atoms with Crippen molar-refractivity contribution in [2.75, 3.05) is 18.0 Å². The number of aliphatic carboxylic acids is 1. The van der Waals surface area contributed by atoms with Crippen molar-refractivity contribution in [3.8, 4) is 23.6 Å². The van der Waals surface area contributed by atoms with Crippen molar-refractivity contribution >= 4 is 22.4 Å². The van der Waals surface area contributed by atoms with E-state index in [1.54, 1.807) is 4.90 Å². The first-order chi connectivity index (χ1) is 9.20. The Morgan fingerprint density at radius 1 is 1.42 bits per heavy atom. The van der Waals surface area contributed by atoms with Gasteiger partial charge in [0, 0.05) is 10.9 Å². The second-order valence-corrected chi connectivity index (χ2v) is 4.67. The van der Waals surface area contributed by atoms with Crippen LogP contribution in [0, 0.1) is 12.3 Å². The highest BCUT2D eigenvalue weighted by Gasteiger charge is 2.14. The van der Waals surface area contributed by atoms with Crippen LogP contribution in [0.15, 0.2) is 35.7 Å². The van der Waals surface area contributed by atoms with Gasteiger partial charge in [0.05, 0.1) is 12.2 Å². The van der Waals surface area contributed by atoms with Gasteiger partial charge in [-0.2, -0.15) is 0 Å². The molecule has 4 nitrogen and oxygen atoms in total. The number of terminal acetylenes is 1. The van der Waals surface area contributed by atoms with E-state index < -0.39 is 5.97 Å². The van der Waals surface area contributed by atoms with Crippen LogP contribution in [0.25, 0.3) is 11.3 Å². The number of carbonyl (C=O) groups is 1. The minimum atomic E-state index is -0.924. The van der Waals surface area contributed by atoms with Crippen LogP contribution in [-0.2, 0) is 4.79 Å². The molecule has 0 saturated heterocycles. The summed E-state index contributed by atoms with van der Waals surface area (Å²) in [4.78, 5) is 16.8. The highest BCUT2D eigenvalue weighted by atomic mass is 32.1. The summed E-state index contributed by atoms with van der Waals surface area (Å²) in [6, 6.07) is 9.73. The quantitative estimate of drug-likeness (QED) is 0.849. The Balaban J connectivity index is 2.24. The molecular weight excluding hydrogens is 260 g/mol. The molecule has 0 aliphatic carbocycles. The monoisotopic (exact) mass is 272 g/mol. The van der Waals surface area contributed by atoms with Gasteiger partial charge in [-0.1, -0.05) is 36.3 Å². The number of anilines is 1. The molecule has 0 amide bonds. The first-order valence-corrected chi connectivity index (χ1v) is 6.50. The standard InChI is InChI=1S/C14H12N2O2S/c1-2-8-16(9-13(17)18)14-15-12(10-19-14)11-6-4-3-5-7-11/h1,3-7,10H,8-9H2,(H,17,18). The van der Waals surface area contributed by atoms with Gasteiger partial charge in [-0.3, -0.25) is 4.79 Å². The molecule has 0 atom stereocenters. The fraction of sp³-hybridized carbons (Fsp3) is 0.143. The molecule has 19 heavy (non-hydrogen) atoms. The van der Waals surface area contributed by atoms with E-state index in [4.69, 9.17) is 11.5 Å². The molecular formula is C14H12N2O2S. The van der Waals surface area contributed by atoms with Crippen molar-refractivity contribution in [1.82, 2.24) is 4.98 Å².